The molecule has 0 atom stereocenters. The maximum atomic E-state index is 12.6. The molecule has 0 amide bonds. The molecular weight excluding hydrogens is 394 g/mol. The number of sulfonamides is 1. The SMILES string of the molecule is COC(=O)CCS(=O)(=O)N1CCC2(CC1)OCCc1cn(-c3ccccc3)nc12. The summed E-state index contributed by atoms with van der Waals surface area (Å²) in [4.78, 5) is 11.3. The van der Waals surface area contributed by atoms with Gasteiger partial charge in [-0.3, -0.25) is 4.79 Å². The van der Waals surface area contributed by atoms with Crippen molar-refractivity contribution in [1.29, 1.82) is 0 Å². The highest BCUT2D eigenvalue weighted by atomic mass is 32.2. The number of fused-ring (bicyclic) bond motifs is 2. The quantitative estimate of drug-likeness (QED) is 0.684. The Labute approximate surface area is 170 Å². The topological polar surface area (TPSA) is 90.7 Å². The summed E-state index contributed by atoms with van der Waals surface area (Å²) in [5.74, 6) is -0.754. The van der Waals surface area contributed by atoms with Gasteiger partial charge in [-0.15, -0.1) is 0 Å². The molecule has 2 aromatic rings. The molecule has 1 aromatic carbocycles. The monoisotopic (exact) mass is 419 g/mol. The van der Waals surface area contributed by atoms with E-state index >= 15 is 0 Å². The van der Waals surface area contributed by atoms with Gasteiger partial charge < -0.3 is 9.47 Å². The fourth-order valence-corrected chi connectivity index (χ4v) is 5.49. The van der Waals surface area contributed by atoms with Gasteiger partial charge in [-0.25, -0.2) is 17.4 Å². The van der Waals surface area contributed by atoms with Crippen molar-refractivity contribution >= 4 is 16.0 Å². The minimum absolute atomic E-state index is 0.136. The van der Waals surface area contributed by atoms with Gasteiger partial charge in [0.25, 0.3) is 0 Å². The summed E-state index contributed by atoms with van der Waals surface area (Å²) in [5.41, 5.74) is 2.50. The zero-order valence-corrected chi connectivity index (χ0v) is 17.2. The summed E-state index contributed by atoms with van der Waals surface area (Å²) in [6.45, 7) is 1.30. The van der Waals surface area contributed by atoms with Crippen molar-refractivity contribution in [3.63, 3.8) is 0 Å². The molecule has 8 nitrogen and oxygen atoms in total. The first kappa shape index (κ1) is 20.1. The van der Waals surface area contributed by atoms with Gasteiger partial charge in [-0.1, -0.05) is 18.2 Å². The van der Waals surface area contributed by atoms with Crippen LogP contribution < -0.4 is 0 Å². The number of piperidine rings is 1. The first-order valence-electron chi connectivity index (χ1n) is 9.77. The van der Waals surface area contributed by atoms with E-state index in [1.54, 1.807) is 0 Å². The van der Waals surface area contributed by atoms with E-state index in [1.807, 2.05) is 35.0 Å². The van der Waals surface area contributed by atoms with Crippen molar-refractivity contribution < 1.29 is 22.7 Å². The molecule has 9 heteroatoms. The Morgan fingerprint density at radius 2 is 1.97 bits per heavy atom. The maximum Gasteiger partial charge on any atom is 0.306 e. The number of esters is 1. The highest BCUT2D eigenvalue weighted by Gasteiger charge is 2.45. The number of methoxy groups -OCH3 is 1. The first-order chi connectivity index (χ1) is 13.9. The number of hydrogen-bond acceptors (Lipinski definition) is 6. The Morgan fingerprint density at radius 3 is 2.66 bits per heavy atom. The van der Waals surface area contributed by atoms with Crippen molar-refractivity contribution in [3.8, 4) is 5.69 Å². The summed E-state index contributed by atoms with van der Waals surface area (Å²) in [6.07, 6.45) is 3.80. The van der Waals surface area contributed by atoms with Crippen LogP contribution in [-0.4, -0.2) is 61.0 Å². The van der Waals surface area contributed by atoms with Crippen LogP contribution >= 0.6 is 0 Å². The second-order valence-electron chi connectivity index (χ2n) is 7.42. The molecule has 1 saturated heterocycles. The molecule has 0 radical (unpaired) electrons. The average molecular weight is 420 g/mol. The highest BCUT2D eigenvalue weighted by molar-refractivity contribution is 7.89. The Hall–Kier alpha value is -2.23. The molecule has 1 spiro atoms. The Bertz CT molecular complexity index is 979. The van der Waals surface area contributed by atoms with Crippen LogP contribution in [0.5, 0.6) is 0 Å². The number of benzene rings is 1. The van der Waals surface area contributed by atoms with Crippen LogP contribution in [0.2, 0.25) is 0 Å². The number of hydrogen-bond donors (Lipinski definition) is 0. The van der Waals surface area contributed by atoms with Crippen molar-refractivity contribution in [3.05, 3.63) is 47.8 Å². The summed E-state index contributed by atoms with van der Waals surface area (Å²) in [6, 6.07) is 9.92. The van der Waals surface area contributed by atoms with Crippen LogP contribution in [-0.2, 0) is 36.3 Å². The van der Waals surface area contributed by atoms with Gasteiger partial charge in [-0.05, 0) is 37.0 Å². The van der Waals surface area contributed by atoms with Gasteiger partial charge in [0.2, 0.25) is 10.0 Å². The lowest BCUT2D eigenvalue weighted by molar-refractivity contribution is -0.140. The molecule has 2 aliphatic heterocycles. The lowest BCUT2D eigenvalue weighted by Crippen LogP contribution is -2.49. The molecule has 3 heterocycles. The van der Waals surface area contributed by atoms with Crippen LogP contribution in [0.25, 0.3) is 5.69 Å². The predicted molar refractivity (Wildman–Crippen MR) is 106 cm³/mol. The Morgan fingerprint density at radius 1 is 1.24 bits per heavy atom. The van der Waals surface area contributed by atoms with Crippen LogP contribution in [0.15, 0.2) is 36.5 Å². The number of para-hydroxylation sites is 1. The minimum Gasteiger partial charge on any atom is -0.469 e. The van der Waals surface area contributed by atoms with Crippen LogP contribution in [0.4, 0.5) is 0 Å². The smallest absolute Gasteiger partial charge is 0.306 e. The third-order valence-electron chi connectivity index (χ3n) is 5.71. The van der Waals surface area contributed by atoms with Crippen molar-refractivity contribution in [1.82, 2.24) is 14.1 Å². The number of carbonyl (C=O) groups excluding carboxylic acids is 1. The normalized spacial score (nSPS) is 19.1. The number of carbonyl (C=O) groups is 1. The lowest BCUT2D eigenvalue weighted by Gasteiger charge is -2.42. The molecule has 2 aliphatic rings. The first-order valence-corrected chi connectivity index (χ1v) is 11.4. The number of nitrogens with zero attached hydrogens (tertiary/aromatic N) is 3. The third-order valence-corrected chi connectivity index (χ3v) is 7.58. The summed E-state index contributed by atoms with van der Waals surface area (Å²) >= 11 is 0. The van der Waals surface area contributed by atoms with E-state index in [0.29, 0.717) is 32.5 Å². The van der Waals surface area contributed by atoms with Gasteiger partial charge in [-0.2, -0.15) is 5.10 Å². The van der Waals surface area contributed by atoms with Crippen molar-refractivity contribution in [2.24, 2.45) is 0 Å². The zero-order valence-electron chi connectivity index (χ0n) is 16.4. The molecule has 29 heavy (non-hydrogen) atoms. The second-order valence-corrected chi connectivity index (χ2v) is 9.51. The molecule has 0 bridgehead atoms. The maximum absolute atomic E-state index is 12.6. The van der Waals surface area contributed by atoms with Crippen molar-refractivity contribution in [2.45, 2.75) is 31.3 Å². The fourth-order valence-electron chi connectivity index (χ4n) is 4.06. The fraction of sp³-hybridized carbons (Fsp3) is 0.500. The molecule has 1 fully saturated rings. The standard InChI is InChI=1S/C20H25N3O5S/c1-27-18(24)8-14-29(25,26)22-11-9-20(10-12-22)19-16(7-13-28-20)15-23(21-19)17-5-3-2-4-6-17/h2-6,15H,7-14H2,1H3. The van der Waals surface area contributed by atoms with E-state index in [0.717, 1.165) is 23.4 Å². The Kier molecular flexibility index (Phi) is 5.46. The Balaban J connectivity index is 1.51. The molecule has 0 N–H and O–H groups in total. The van der Waals surface area contributed by atoms with Gasteiger partial charge >= 0.3 is 5.97 Å². The van der Waals surface area contributed by atoms with Crippen molar-refractivity contribution in [2.75, 3.05) is 32.6 Å². The minimum atomic E-state index is -3.51. The van der Waals surface area contributed by atoms with E-state index in [9.17, 15) is 13.2 Å². The van der Waals surface area contributed by atoms with Crippen LogP contribution in [0, 0.1) is 0 Å². The highest BCUT2D eigenvalue weighted by Crippen LogP contribution is 2.41. The van der Waals surface area contributed by atoms with Gasteiger partial charge in [0.05, 0.1) is 37.3 Å². The zero-order chi connectivity index (χ0) is 20.5. The number of rotatable bonds is 5. The largest absolute Gasteiger partial charge is 0.469 e. The molecule has 4 rings (SSSR count). The van der Waals surface area contributed by atoms with Crippen LogP contribution in [0.1, 0.15) is 30.5 Å². The number of ether oxygens (including phenoxy) is 2. The molecule has 0 aliphatic carbocycles. The molecule has 0 unspecified atom stereocenters. The summed E-state index contributed by atoms with van der Waals surface area (Å²) in [7, 11) is -2.25. The average Bonchev–Trinajstić information content (AvgIpc) is 3.19. The van der Waals surface area contributed by atoms with E-state index in [1.165, 1.54) is 11.4 Å². The molecule has 1 aromatic heterocycles. The van der Waals surface area contributed by atoms with Crippen LogP contribution in [0.3, 0.4) is 0 Å². The van der Waals surface area contributed by atoms with E-state index in [4.69, 9.17) is 9.84 Å². The number of aromatic nitrogens is 2. The molecule has 156 valence electrons. The summed E-state index contributed by atoms with van der Waals surface area (Å²) in [5, 5.41) is 4.82. The van der Waals surface area contributed by atoms with Gasteiger partial charge in [0.1, 0.15) is 5.60 Å². The van der Waals surface area contributed by atoms with E-state index in [-0.39, 0.29) is 12.2 Å². The van der Waals surface area contributed by atoms with Gasteiger partial charge in [0, 0.05) is 19.3 Å². The lowest BCUT2D eigenvalue weighted by atomic mass is 9.84. The third kappa shape index (κ3) is 3.94. The molecule has 0 saturated carbocycles. The predicted octanol–water partition coefficient (Wildman–Crippen LogP) is 1.63. The molecular formula is C20H25N3O5S. The van der Waals surface area contributed by atoms with E-state index < -0.39 is 21.6 Å². The summed E-state index contributed by atoms with van der Waals surface area (Å²) < 4.78 is 39.2. The second kappa shape index (κ2) is 7.89. The van der Waals surface area contributed by atoms with Gasteiger partial charge in [0.15, 0.2) is 0 Å². The van der Waals surface area contributed by atoms with E-state index in [2.05, 4.69) is 10.9 Å².